The Kier molecular flexibility index (Phi) is 10.0. The van der Waals surface area contributed by atoms with Gasteiger partial charge in [0.1, 0.15) is 0 Å². The van der Waals surface area contributed by atoms with Gasteiger partial charge < -0.3 is 9.97 Å². The summed E-state index contributed by atoms with van der Waals surface area (Å²) in [7, 11) is 0. The first-order valence-corrected chi connectivity index (χ1v) is 15.1. The molecule has 7 rings (SSSR count). The van der Waals surface area contributed by atoms with Crippen LogP contribution in [0, 0.1) is 24.5 Å². The molecule has 2 nitrogen and oxygen atoms in total. The molecule has 7 aromatic rings. The molecule has 0 atom stereocenters. The first-order chi connectivity index (χ1) is 21.3. The predicted molar refractivity (Wildman–Crippen MR) is 185 cm³/mol. The van der Waals surface area contributed by atoms with Crippen molar-refractivity contribution >= 4 is 21.5 Å². The number of fused-ring (bicyclic) bond motifs is 3. The molecule has 0 aliphatic carbocycles. The summed E-state index contributed by atoms with van der Waals surface area (Å²) in [6.45, 7) is 8.84. The van der Waals surface area contributed by atoms with E-state index >= 15 is 0 Å². The average Bonchev–Trinajstić information content (AvgIpc) is 3.05. The van der Waals surface area contributed by atoms with Crippen LogP contribution in [-0.4, -0.2) is 9.97 Å². The maximum Gasteiger partial charge on any atom is 0.0190 e. The van der Waals surface area contributed by atoms with Crippen molar-refractivity contribution in [2.75, 3.05) is 0 Å². The molecule has 0 aliphatic rings. The van der Waals surface area contributed by atoms with Crippen LogP contribution in [0.25, 0.3) is 55.2 Å². The van der Waals surface area contributed by atoms with Crippen LogP contribution < -0.4 is 0 Å². The Hall–Kier alpha value is -4.43. The molecule has 0 saturated heterocycles. The molecule has 0 aliphatic heterocycles. The van der Waals surface area contributed by atoms with E-state index in [1.165, 1.54) is 43.8 Å². The number of pyridine rings is 2. The van der Waals surface area contributed by atoms with Gasteiger partial charge >= 0.3 is 0 Å². The minimum Gasteiger partial charge on any atom is -0.305 e. The molecule has 0 unspecified atom stereocenters. The fourth-order valence-electron chi connectivity index (χ4n) is 5.60. The standard InChI is InChI=1S/C30H26N.C12H10N.Ir/c1-30(2,3)20-21-15-16-31-29(17-21)24-11-8-10-22(18-24)28-19-23-9-4-5-12-25(23)26-13-6-7-14-27(26)28;1-10-7-8-12(13-9-10)11-5-3-2-4-6-11;/h4-10,12-19H,20H2,1-3H3;2-5,7-9H,1H3;/q2*-1;. The van der Waals surface area contributed by atoms with Crippen LogP contribution >= 0.6 is 0 Å². The first kappa shape index (κ1) is 32.0. The first-order valence-electron chi connectivity index (χ1n) is 15.1. The van der Waals surface area contributed by atoms with Gasteiger partial charge in [-0.2, -0.15) is 0 Å². The molecule has 0 bridgehead atoms. The summed E-state index contributed by atoms with van der Waals surface area (Å²) in [6.07, 6.45) is 4.82. The van der Waals surface area contributed by atoms with E-state index in [0.29, 0.717) is 0 Å². The molecule has 5 aromatic carbocycles. The number of aryl methyl sites for hydroxylation is 1. The smallest absolute Gasteiger partial charge is 0.0190 e. The third kappa shape index (κ3) is 7.81. The van der Waals surface area contributed by atoms with Gasteiger partial charge in [-0.25, -0.2) is 0 Å². The van der Waals surface area contributed by atoms with Gasteiger partial charge in [0.15, 0.2) is 0 Å². The summed E-state index contributed by atoms with van der Waals surface area (Å²) in [5, 5.41) is 5.11. The normalized spacial score (nSPS) is 11.0. The number of hydrogen-bond acceptors (Lipinski definition) is 2. The Morgan fingerprint density at radius 1 is 0.622 bits per heavy atom. The van der Waals surface area contributed by atoms with Gasteiger partial charge in [0.2, 0.25) is 0 Å². The van der Waals surface area contributed by atoms with Crippen molar-refractivity contribution in [2.24, 2.45) is 5.41 Å². The molecule has 0 N–H and O–H groups in total. The van der Waals surface area contributed by atoms with E-state index < -0.39 is 0 Å². The fraction of sp³-hybridized carbons (Fsp3) is 0.143. The molecular weight excluding hydrogens is 725 g/mol. The average molecular weight is 761 g/mol. The molecule has 0 amide bonds. The maximum atomic E-state index is 4.66. The SMILES string of the molecule is CC(C)(C)Cc1ccnc(-c2[c-]ccc(-c3cc4ccccc4c4ccccc34)c2)c1.Cc1ccc(-c2[c-]cccc2)nc1.[Ir]. The Morgan fingerprint density at radius 3 is 2.09 bits per heavy atom. The van der Waals surface area contributed by atoms with Crippen molar-refractivity contribution in [3.05, 3.63) is 157 Å². The van der Waals surface area contributed by atoms with E-state index in [-0.39, 0.29) is 25.5 Å². The Balaban J connectivity index is 0.000000240. The molecule has 3 heteroatoms. The van der Waals surface area contributed by atoms with Crippen LogP contribution in [0.2, 0.25) is 0 Å². The molecule has 0 spiro atoms. The third-order valence-electron chi connectivity index (χ3n) is 7.61. The van der Waals surface area contributed by atoms with Crippen LogP contribution in [0.1, 0.15) is 31.9 Å². The van der Waals surface area contributed by atoms with Crippen molar-refractivity contribution < 1.29 is 20.1 Å². The van der Waals surface area contributed by atoms with E-state index in [2.05, 4.69) is 128 Å². The summed E-state index contributed by atoms with van der Waals surface area (Å²) in [6, 6.07) is 48.8. The Bertz CT molecular complexity index is 2020. The van der Waals surface area contributed by atoms with Crippen molar-refractivity contribution in [2.45, 2.75) is 34.1 Å². The van der Waals surface area contributed by atoms with Gasteiger partial charge in [-0.1, -0.05) is 93.1 Å². The monoisotopic (exact) mass is 761 g/mol. The summed E-state index contributed by atoms with van der Waals surface area (Å²) >= 11 is 0. The number of nitrogens with zero attached hydrogens (tertiary/aromatic N) is 2. The minimum atomic E-state index is 0. The Morgan fingerprint density at radius 2 is 1.36 bits per heavy atom. The summed E-state index contributed by atoms with van der Waals surface area (Å²) in [4.78, 5) is 8.97. The van der Waals surface area contributed by atoms with Crippen molar-refractivity contribution in [1.29, 1.82) is 0 Å². The summed E-state index contributed by atoms with van der Waals surface area (Å²) < 4.78 is 0. The van der Waals surface area contributed by atoms with E-state index in [1.807, 2.05) is 55.7 Å². The number of aromatic nitrogens is 2. The van der Waals surface area contributed by atoms with Crippen molar-refractivity contribution in [3.8, 4) is 33.6 Å². The van der Waals surface area contributed by atoms with Crippen LogP contribution in [0.4, 0.5) is 0 Å². The molecule has 0 fully saturated rings. The second-order valence-corrected chi connectivity index (χ2v) is 12.5. The molecular formula is C42H36IrN2-2. The quantitative estimate of drug-likeness (QED) is 0.132. The second kappa shape index (κ2) is 14.1. The van der Waals surface area contributed by atoms with Gasteiger partial charge in [0.05, 0.1) is 0 Å². The Labute approximate surface area is 280 Å². The molecule has 0 saturated carbocycles. The second-order valence-electron chi connectivity index (χ2n) is 12.5. The van der Waals surface area contributed by atoms with Crippen LogP contribution in [0.3, 0.4) is 0 Å². The van der Waals surface area contributed by atoms with Gasteiger partial charge in [0, 0.05) is 32.5 Å². The van der Waals surface area contributed by atoms with Crippen molar-refractivity contribution in [1.82, 2.24) is 9.97 Å². The minimum absolute atomic E-state index is 0. The van der Waals surface area contributed by atoms with E-state index in [0.717, 1.165) is 28.9 Å². The van der Waals surface area contributed by atoms with E-state index in [9.17, 15) is 0 Å². The summed E-state index contributed by atoms with van der Waals surface area (Å²) in [5.74, 6) is 0. The van der Waals surface area contributed by atoms with Gasteiger partial charge in [-0.05, 0) is 75.0 Å². The number of hydrogen-bond donors (Lipinski definition) is 0. The zero-order chi connectivity index (χ0) is 30.5. The van der Waals surface area contributed by atoms with Crippen molar-refractivity contribution in [3.63, 3.8) is 0 Å². The number of benzene rings is 5. The zero-order valence-electron chi connectivity index (χ0n) is 26.1. The van der Waals surface area contributed by atoms with E-state index in [1.54, 1.807) is 0 Å². The van der Waals surface area contributed by atoms with Gasteiger partial charge in [0.25, 0.3) is 0 Å². The maximum absolute atomic E-state index is 4.66. The zero-order valence-corrected chi connectivity index (χ0v) is 28.5. The fourth-order valence-corrected chi connectivity index (χ4v) is 5.60. The summed E-state index contributed by atoms with van der Waals surface area (Å²) in [5.41, 5.74) is 9.21. The van der Waals surface area contributed by atoms with Gasteiger partial charge in [-0.3, -0.25) is 0 Å². The molecule has 2 heterocycles. The van der Waals surface area contributed by atoms with E-state index in [4.69, 9.17) is 0 Å². The molecule has 1 radical (unpaired) electrons. The third-order valence-corrected chi connectivity index (χ3v) is 7.61. The predicted octanol–water partition coefficient (Wildman–Crippen LogP) is 11.0. The topological polar surface area (TPSA) is 25.8 Å². The largest absolute Gasteiger partial charge is 0.305 e. The van der Waals surface area contributed by atoms with Crippen LogP contribution in [0.5, 0.6) is 0 Å². The van der Waals surface area contributed by atoms with Gasteiger partial charge in [-0.15, -0.1) is 71.3 Å². The molecule has 225 valence electrons. The van der Waals surface area contributed by atoms with Crippen LogP contribution in [0.15, 0.2) is 134 Å². The molecule has 45 heavy (non-hydrogen) atoms. The number of rotatable bonds is 4. The van der Waals surface area contributed by atoms with Crippen LogP contribution in [-0.2, 0) is 26.5 Å². The molecule has 2 aromatic heterocycles.